The molecule has 0 saturated heterocycles. The highest BCUT2D eigenvalue weighted by atomic mass is 19.2. The first-order valence-electron chi connectivity index (χ1n) is 4.79. The lowest BCUT2D eigenvalue weighted by Crippen LogP contribution is -2.04. The second-order valence-electron chi connectivity index (χ2n) is 3.25. The van der Waals surface area contributed by atoms with E-state index in [0.29, 0.717) is 6.42 Å². The van der Waals surface area contributed by atoms with Gasteiger partial charge in [-0.2, -0.15) is 0 Å². The predicted molar refractivity (Wildman–Crippen MR) is 54.0 cm³/mol. The van der Waals surface area contributed by atoms with Crippen LogP contribution in [0.15, 0.2) is 12.1 Å². The fourth-order valence-electron chi connectivity index (χ4n) is 1.29. The Hall–Kier alpha value is -1.47. The van der Waals surface area contributed by atoms with Gasteiger partial charge in [0.05, 0.1) is 6.10 Å². The Bertz CT molecular complexity index is 432. The molecule has 1 atom stereocenters. The van der Waals surface area contributed by atoms with Crippen molar-refractivity contribution in [1.29, 1.82) is 0 Å². The maximum atomic E-state index is 13.2. The number of aliphatic hydroxyl groups is 1. The number of hydrogen-bond acceptors (Lipinski definition) is 1. The summed E-state index contributed by atoms with van der Waals surface area (Å²) in [5.41, 5.74) is -0.239. The van der Waals surface area contributed by atoms with Crippen LogP contribution in [-0.2, 0) is 0 Å². The number of rotatable bonds is 3. The second-order valence-corrected chi connectivity index (χ2v) is 3.25. The molecule has 1 nitrogen and oxygen atoms in total. The van der Waals surface area contributed by atoms with Crippen molar-refractivity contribution >= 4 is 0 Å². The van der Waals surface area contributed by atoms with Crippen LogP contribution in [0.25, 0.3) is 0 Å². The maximum absolute atomic E-state index is 13.2. The van der Waals surface area contributed by atoms with Gasteiger partial charge in [0.1, 0.15) is 0 Å². The van der Waals surface area contributed by atoms with Crippen LogP contribution in [0.1, 0.15) is 31.4 Å². The molecule has 0 bridgehead atoms. The minimum Gasteiger partial charge on any atom is -0.388 e. The Kier molecular flexibility index (Phi) is 4.39. The van der Waals surface area contributed by atoms with Gasteiger partial charge in [0.25, 0.3) is 0 Å². The largest absolute Gasteiger partial charge is 0.388 e. The third-order valence-corrected chi connectivity index (χ3v) is 2.14. The van der Waals surface area contributed by atoms with Gasteiger partial charge < -0.3 is 5.11 Å². The van der Waals surface area contributed by atoms with E-state index >= 15 is 0 Å². The average Bonchev–Trinajstić information content (AvgIpc) is 2.26. The third kappa shape index (κ3) is 2.77. The summed E-state index contributed by atoms with van der Waals surface area (Å²) in [6.45, 7) is 1.64. The maximum Gasteiger partial charge on any atom is 0.194 e. The van der Waals surface area contributed by atoms with Crippen molar-refractivity contribution in [3.63, 3.8) is 0 Å². The summed E-state index contributed by atoms with van der Waals surface area (Å²) in [6, 6.07) is 1.83. The van der Waals surface area contributed by atoms with Crippen molar-refractivity contribution in [1.82, 2.24) is 0 Å². The standard InChI is InChI=1S/C12H11F3O/c1-2-3-4-5-10(16)8-6-7-9(13)12(15)11(8)14/h6-7,10,16H,4-5H2,1H3. The number of benzene rings is 1. The van der Waals surface area contributed by atoms with E-state index in [0.717, 1.165) is 12.1 Å². The molecule has 1 aromatic rings. The van der Waals surface area contributed by atoms with Gasteiger partial charge in [0.2, 0.25) is 0 Å². The molecule has 0 aromatic heterocycles. The van der Waals surface area contributed by atoms with Crippen molar-refractivity contribution in [3.05, 3.63) is 35.1 Å². The highest BCUT2D eigenvalue weighted by Crippen LogP contribution is 2.24. The number of halogens is 3. The highest BCUT2D eigenvalue weighted by molar-refractivity contribution is 5.22. The minimum absolute atomic E-state index is 0.183. The molecule has 4 heteroatoms. The van der Waals surface area contributed by atoms with Gasteiger partial charge in [0.15, 0.2) is 17.5 Å². The van der Waals surface area contributed by atoms with Gasteiger partial charge in [-0.05, 0) is 19.4 Å². The van der Waals surface area contributed by atoms with Crippen LogP contribution in [0.4, 0.5) is 13.2 Å². The number of aliphatic hydroxyl groups excluding tert-OH is 1. The molecule has 16 heavy (non-hydrogen) atoms. The van der Waals surface area contributed by atoms with Gasteiger partial charge in [-0.15, -0.1) is 11.8 Å². The highest BCUT2D eigenvalue weighted by Gasteiger charge is 2.18. The Morgan fingerprint density at radius 1 is 1.25 bits per heavy atom. The first-order chi connectivity index (χ1) is 7.57. The summed E-state index contributed by atoms with van der Waals surface area (Å²) >= 11 is 0. The fraction of sp³-hybridized carbons (Fsp3) is 0.333. The Morgan fingerprint density at radius 3 is 2.56 bits per heavy atom. The van der Waals surface area contributed by atoms with Crippen LogP contribution in [0.3, 0.4) is 0 Å². The van der Waals surface area contributed by atoms with Gasteiger partial charge >= 0.3 is 0 Å². The first-order valence-corrected chi connectivity index (χ1v) is 4.79. The number of hydrogen-bond donors (Lipinski definition) is 1. The molecule has 1 rings (SSSR count). The molecule has 0 radical (unpaired) electrons. The summed E-state index contributed by atoms with van der Waals surface area (Å²) in [6.07, 6.45) is -0.616. The van der Waals surface area contributed by atoms with Gasteiger partial charge in [-0.25, -0.2) is 13.2 Å². The Balaban J connectivity index is 2.86. The monoisotopic (exact) mass is 228 g/mol. The molecule has 0 aliphatic carbocycles. The normalized spacial score (nSPS) is 11.8. The van der Waals surface area contributed by atoms with Crippen molar-refractivity contribution in [3.8, 4) is 11.8 Å². The fourth-order valence-corrected chi connectivity index (χ4v) is 1.29. The molecule has 1 unspecified atom stereocenters. The van der Waals surface area contributed by atoms with Gasteiger partial charge in [-0.3, -0.25) is 0 Å². The summed E-state index contributed by atoms with van der Waals surface area (Å²) in [5.74, 6) is 1.16. The van der Waals surface area contributed by atoms with E-state index in [1.54, 1.807) is 6.92 Å². The zero-order valence-corrected chi connectivity index (χ0v) is 8.73. The van der Waals surface area contributed by atoms with E-state index in [9.17, 15) is 18.3 Å². The average molecular weight is 228 g/mol. The van der Waals surface area contributed by atoms with Crippen LogP contribution in [0.5, 0.6) is 0 Å². The van der Waals surface area contributed by atoms with Crippen LogP contribution in [0.2, 0.25) is 0 Å². The van der Waals surface area contributed by atoms with Crippen LogP contribution < -0.4 is 0 Å². The Morgan fingerprint density at radius 2 is 1.94 bits per heavy atom. The first kappa shape index (κ1) is 12.6. The van der Waals surface area contributed by atoms with Crippen molar-refractivity contribution < 1.29 is 18.3 Å². The van der Waals surface area contributed by atoms with E-state index in [1.165, 1.54) is 0 Å². The minimum atomic E-state index is -1.56. The molecule has 1 N–H and O–H groups in total. The smallest absolute Gasteiger partial charge is 0.194 e. The molecular formula is C12H11F3O. The quantitative estimate of drug-likeness (QED) is 0.623. The SMILES string of the molecule is CC#CCCC(O)c1ccc(F)c(F)c1F. The van der Waals surface area contributed by atoms with E-state index in [-0.39, 0.29) is 12.0 Å². The molecule has 0 aliphatic heterocycles. The van der Waals surface area contributed by atoms with E-state index in [1.807, 2.05) is 0 Å². The van der Waals surface area contributed by atoms with Gasteiger partial charge in [0, 0.05) is 12.0 Å². The van der Waals surface area contributed by atoms with Crippen molar-refractivity contribution in [2.75, 3.05) is 0 Å². The molecular weight excluding hydrogens is 217 g/mol. The Labute approximate surface area is 91.9 Å². The van der Waals surface area contributed by atoms with Crippen molar-refractivity contribution in [2.45, 2.75) is 25.9 Å². The van der Waals surface area contributed by atoms with E-state index < -0.39 is 23.6 Å². The third-order valence-electron chi connectivity index (χ3n) is 2.14. The lowest BCUT2D eigenvalue weighted by atomic mass is 10.0. The lowest BCUT2D eigenvalue weighted by Gasteiger charge is -2.10. The van der Waals surface area contributed by atoms with E-state index in [2.05, 4.69) is 11.8 Å². The zero-order valence-electron chi connectivity index (χ0n) is 8.73. The van der Waals surface area contributed by atoms with Crippen LogP contribution in [-0.4, -0.2) is 5.11 Å². The molecule has 0 fully saturated rings. The molecule has 86 valence electrons. The van der Waals surface area contributed by atoms with Crippen LogP contribution in [0, 0.1) is 29.3 Å². The summed E-state index contributed by atoms with van der Waals surface area (Å²) in [7, 11) is 0. The molecule has 0 heterocycles. The lowest BCUT2D eigenvalue weighted by molar-refractivity contribution is 0.163. The molecule has 0 aliphatic rings. The van der Waals surface area contributed by atoms with Gasteiger partial charge in [-0.1, -0.05) is 6.07 Å². The summed E-state index contributed by atoms with van der Waals surface area (Å²) in [5, 5.41) is 9.55. The molecule has 0 amide bonds. The second kappa shape index (κ2) is 5.57. The summed E-state index contributed by atoms with van der Waals surface area (Å²) < 4.78 is 38.7. The molecule has 0 saturated carbocycles. The van der Waals surface area contributed by atoms with Crippen molar-refractivity contribution in [2.24, 2.45) is 0 Å². The summed E-state index contributed by atoms with van der Waals surface area (Å²) in [4.78, 5) is 0. The predicted octanol–water partition coefficient (Wildman–Crippen LogP) is 2.94. The molecule has 0 spiro atoms. The topological polar surface area (TPSA) is 20.2 Å². The van der Waals surface area contributed by atoms with E-state index in [4.69, 9.17) is 0 Å². The zero-order chi connectivity index (χ0) is 12.1. The van der Waals surface area contributed by atoms with Crippen LogP contribution >= 0.6 is 0 Å². The molecule has 1 aromatic carbocycles.